The summed E-state index contributed by atoms with van der Waals surface area (Å²) in [6.07, 6.45) is 3.32. The van der Waals surface area contributed by atoms with Crippen LogP contribution in [0.15, 0.2) is 11.6 Å². The molecule has 0 radical (unpaired) electrons. The molecule has 0 spiro atoms. The van der Waals surface area contributed by atoms with Crippen molar-refractivity contribution in [3.63, 3.8) is 0 Å². The maximum Gasteiger partial charge on any atom is 0.0868 e. The van der Waals surface area contributed by atoms with Crippen molar-refractivity contribution in [3.8, 4) is 6.07 Å². The van der Waals surface area contributed by atoms with Crippen molar-refractivity contribution in [1.29, 1.82) is 5.26 Å². The highest BCUT2D eigenvalue weighted by Gasteiger charge is 2.06. The maximum absolute atomic E-state index is 8.37. The standard InChI is InChI=1S/C8H12N2.C2H6/c1-8-2-5-10(6-3-8)7-4-9;1-2/h2H,3,5-7H2,1H3;1-2H3. The molecule has 0 atom stereocenters. The highest BCUT2D eigenvalue weighted by atomic mass is 15.1. The molecule has 1 rings (SSSR count). The lowest BCUT2D eigenvalue weighted by Gasteiger charge is -2.21. The lowest BCUT2D eigenvalue weighted by Crippen LogP contribution is -2.28. The van der Waals surface area contributed by atoms with Gasteiger partial charge in [0.1, 0.15) is 0 Å². The molecule has 68 valence electrons. The molecular formula is C10H18N2. The van der Waals surface area contributed by atoms with Crippen LogP contribution in [0.3, 0.4) is 0 Å². The summed E-state index contributed by atoms with van der Waals surface area (Å²) >= 11 is 0. The third-order valence-electron chi connectivity index (χ3n) is 1.81. The van der Waals surface area contributed by atoms with Crippen LogP contribution in [0.5, 0.6) is 0 Å². The predicted molar refractivity (Wildman–Crippen MR) is 51.8 cm³/mol. The molecule has 12 heavy (non-hydrogen) atoms. The van der Waals surface area contributed by atoms with Gasteiger partial charge < -0.3 is 0 Å². The van der Waals surface area contributed by atoms with E-state index in [0.717, 1.165) is 19.5 Å². The summed E-state index contributed by atoms with van der Waals surface area (Å²) in [5, 5.41) is 8.37. The second-order valence-electron chi connectivity index (χ2n) is 2.69. The molecule has 0 aromatic heterocycles. The molecule has 1 aliphatic heterocycles. The number of nitrogens with zero attached hydrogens (tertiary/aromatic N) is 2. The molecule has 0 aliphatic carbocycles. The predicted octanol–water partition coefficient (Wildman–Crippen LogP) is 2.19. The quantitative estimate of drug-likeness (QED) is 0.441. The molecular weight excluding hydrogens is 148 g/mol. The third kappa shape index (κ3) is 4.15. The van der Waals surface area contributed by atoms with Gasteiger partial charge in [-0.05, 0) is 13.3 Å². The van der Waals surface area contributed by atoms with Gasteiger partial charge in [-0.2, -0.15) is 5.26 Å². The normalized spacial score (nSPS) is 17.0. The molecule has 0 aromatic rings. The topological polar surface area (TPSA) is 27.0 Å². The zero-order valence-electron chi connectivity index (χ0n) is 8.30. The van der Waals surface area contributed by atoms with Gasteiger partial charge in [-0.15, -0.1) is 0 Å². The molecule has 2 nitrogen and oxygen atoms in total. The van der Waals surface area contributed by atoms with Crippen LogP contribution in [0.2, 0.25) is 0 Å². The van der Waals surface area contributed by atoms with Crippen molar-refractivity contribution in [2.45, 2.75) is 27.2 Å². The van der Waals surface area contributed by atoms with Crippen molar-refractivity contribution in [3.05, 3.63) is 11.6 Å². The number of nitriles is 1. The molecule has 0 unspecified atom stereocenters. The fourth-order valence-corrected chi connectivity index (χ4v) is 1.06. The third-order valence-corrected chi connectivity index (χ3v) is 1.81. The van der Waals surface area contributed by atoms with Crippen molar-refractivity contribution in [2.24, 2.45) is 0 Å². The summed E-state index contributed by atoms with van der Waals surface area (Å²) < 4.78 is 0. The van der Waals surface area contributed by atoms with Crippen molar-refractivity contribution >= 4 is 0 Å². The van der Waals surface area contributed by atoms with Crippen LogP contribution in [0.25, 0.3) is 0 Å². The monoisotopic (exact) mass is 166 g/mol. The van der Waals surface area contributed by atoms with Crippen molar-refractivity contribution in [1.82, 2.24) is 4.90 Å². The van der Waals surface area contributed by atoms with E-state index in [1.54, 1.807) is 0 Å². The summed E-state index contributed by atoms with van der Waals surface area (Å²) in [5.41, 5.74) is 1.45. The van der Waals surface area contributed by atoms with E-state index in [2.05, 4.69) is 24.0 Å². The molecule has 2 heteroatoms. The first-order chi connectivity index (χ1) is 5.83. The van der Waals surface area contributed by atoms with Crippen LogP contribution in [0.1, 0.15) is 27.2 Å². The number of hydrogen-bond acceptors (Lipinski definition) is 2. The van der Waals surface area contributed by atoms with E-state index in [0.29, 0.717) is 6.54 Å². The minimum atomic E-state index is 0.573. The number of rotatable bonds is 1. The van der Waals surface area contributed by atoms with Crippen LogP contribution < -0.4 is 0 Å². The van der Waals surface area contributed by atoms with Crippen LogP contribution >= 0.6 is 0 Å². The Morgan fingerprint density at radius 2 is 2.25 bits per heavy atom. The Hall–Kier alpha value is -0.810. The Morgan fingerprint density at radius 1 is 1.58 bits per heavy atom. The summed E-state index contributed by atoms with van der Waals surface area (Å²) in [6, 6.07) is 2.15. The first kappa shape index (κ1) is 11.2. The van der Waals surface area contributed by atoms with Gasteiger partial charge in [0, 0.05) is 13.1 Å². The van der Waals surface area contributed by atoms with Gasteiger partial charge in [-0.3, -0.25) is 4.90 Å². The van der Waals surface area contributed by atoms with E-state index in [1.165, 1.54) is 5.57 Å². The average molecular weight is 166 g/mol. The zero-order chi connectivity index (χ0) is 9.40. The Kier molecular flexibility index (Phi) is 6.41. The lowest BCUT2D eigenvalue weighted by molar-refractivity contribution is 0.329. The summed E-state index contributed by atoms with van der Waals surface area (Å²) in [6.45, 7) is 8.72. The molecule has 0 saturated carbocycles. The summed E-state index contributed by atoms with van der Waals surface area (Å²) in [7, 11) is 0. The Morgan fingerprint density at radius 3 is 2.67 bits per heavy atom. The van der Waals surface area contributed by atoms with E-state index < -0.39 is 0 Å². The highest BCUT2D eigenvalue weighted by molar-refractivity contribution is 5.04. The van der Waals surface area contributed by atoms with Crippen molar-refractivity contribution in [2.75, 3.05) is 19.6 Å². The van der Waals surface area contributed by atoms with E-state index in [9.17, 15) is 0 Å². The minimum absolute atomic E-state index is 0.573. The Labute approximate surface area is 75.5 Å². The Balaban J connectivity index is 0.000000561. The molecule has 0 N–H and O–H groups in total. The number of hydrogen-bond donors (Lipinski definition) is 0. The van der Waals surface area contributed by atoms with Gasteiger partial charge in [0.05, 0.1) is 12.6 Å². The first-order valence-electron chi connectivity index (χ1n) is 4.58. The van der Waals surface area contributed by atoms with Crippen molar-refractivity contribution < 1.29 is 0 Å². The minimum Gasteiger partial charge on any atom is -0.287 e. The molecule has 0 fully saturated rings. The summed E-state index contributed by atoms with van der Waals surface area (Å²) in [4.78, 5) is 2.15. The van der Waals surface area contributed by atoms with E-state index in [-0.39, 0.29) is 0 Å². The first-order valence-corrected chi connectivity index (χ1v) is 4.58. The van der Waals surface area contributed by atoms with Crippen LogP contribution in [-0.4, -0.2) is 24.5 Å². The molecule has 1 heterocycles. The maximum atomic E-state index is 8.37. The second kappa shape index (κ2) is 6.87. The fraction of sp³-hybridized carbons (Fsp3) is 0.700. The van der Waals surface area contributed by atoms with Gasteiger partial charge in [-0.25, -0.2) is 0 Å². The smallest absolute Gasteiger partial charge is 0.0868 e. The van der Waals surface area contributed by atoms with Crippen LogP contribution in [-0.2, 0) is 0 Å². The SMILES string of the molecule is CC.CC1=CCN(CC#N)CC1. The highest BCUT2D eigenvalue weighted by Crippen LogP contribution is 2.07. The molecule has 1 aliphatic rings. The lowest BCUT2D eigenvalue weighted by atomic mass is 10.1. The van der Waals surface area contributed by atoms with Crippen LogP contribution in [0, 0.1) is 11.3 Å². The van der Waals surface area contributed by atoms with E-state index >= 15 is 0 Å². The Bertz CT molecular complexity index is 177. The molecule has 0 bridgehead atoms. The second-order valence-corrected chi connectivity index (χ2v) is 2.69. The van der Waals surface area contributed by atoms with Gasteiger partial charge >= 0.3 is 0 Å². The fourth-order valence-electron chi connectivity index (χ4n) is 1.06. The van der Waals surface area contributed by atoms with Gasteiger partial charge in [-0.1, -0.05) is 25.5 Å². The van der Waals surface area contributed by atoms with Gasteiger partial charge in [0.25, 0.3) is 0 Å². The van der Waals surface area contributed by atoms with E-state index in [1.807, 2.05) is 13.8 Å². The molecule has 0 amide bonds. The van der Waals surface area contributed by atoms with E-state index in [4.69, 9.17) is 5.26 Å². The molecule has 0 aromatic carbocycles. The average Bonchev–Trinajstić information content (AvgIpc) is 2.13. The van der Waals surface area contributed by atoms with Crippen LogP contribution in [0.4, 0.5) is 0 Å². The van der Waals surface area contributed by atoms with Gasteiger partial charge in [0.2, 0.25) is 0 Å². The van der Waals surface area contributed by atoms with Gasteiger partial charge in [0.15, 0.2) is 0 Å². The largest absolute Gasteiger partial charge is 0.287 e. The molecule has 0 saturated heterocycles. The summed E-state index contributed by atoms with van der Waals surface area (Å²) in [5.74, 6) is 0. The zero-order valence-corrected chi connectivity index (χ0v) is 8.30.